The zero-order chi connectivity index (χ0) is 28.0. The molecule has 0 heterocycles. The first-order chi connectivity index (χ1) is 17.1. The largest absolute Gasteiger partial charge is 0.444 e. The Morgan fingerprint density at radius 2 is 1.54 bits per heavy atom. The van der Waals surface area contributed by atoms with Crippen molar-refractivity contribution in [1.82, 2.24) is 15.5 Å². The van der Waals surface area contributed by atoms with E-state index in [1.165, 1.54) is 6.42 Å². The highest BCUT2D eigenvalue weighted by atomic mass is 16.6. The van der Waals surface area contributed by atoms with Gasteiger partial charge in [-0.05, 0) is 77.8 Å². The molecule has 2 unspecified atom stereocenters. The Morgan fingerprint density at radius 1 is 0.973 bits per heavy atom. The number of carbonyl (C=O) groups excluding carboxylic acids is 3. The van der Waals surface area contributed by atoms with E-state index in [-0.39, 0.29) is 23.8 Å². The Labute approximate surface area is 224 Å². The van der Waals surface area contributed by atoms with Crippen molar-refractivity contribution in [2.24, 2.45) is 5.92 Å². The topological polar surface area (TPSA) is 87.7 Å². The quantitative estimate of drug-likeness (QED) is 0.450. The lowest BCUT2D eigenvalue weighted by Gasteiger charge is -2.44. The average molecular weight is 516 g/mol. The van der Waals surface area contributed by atoms with Gasteiger partial charge >= 0.3 is 6.09 Å². The van der Waals surface area contributed by atoms with Gasteiger partial charge in [0, 0.05) is 11.6 Å². The minimum atomic E-state index is -0.853. The number of benzene rings is 1. The molecular formula is C30H49N3O4. The lowest BCUT2D eigenvalue weighted by Crippen LogP contribution is -2.60. The molecule has 2 rings (SSSR count). The van der Waals surface area contributed by atoms with E-state index in [2.05, 4.69) is 17.6 Å². The van der Waals surface area contributed by atoms with Gasteiger partial charge in [-0.25, -0.2) is 4.79 Å². The summed E-state index contributed by atoms with van der Waals surface area (Å²) in [5.74, 6) is -0.703. The molecule has 0 spiro atoms. The number of carbonyl (C=O) groups is 3. The third kappa shape index (κ3) is 9.04. The van der Waals surface area contributed by atoms with Gasteiger partial charge in [-0.15, -0.1) is 0 Å². The molecule has 1 saturated carbocycles. The van der Waals surface area contributed by atoms with Gasteiger partial charge in [-0.1, -0.05) is 64.3 Å². The lowest BCUT2D eigenvalue weighted by atomic mass is 9.91. The van der Waals surface area contributed by atoms with Gasteiger partial charge in [-0.3, -0.25) is 9.59 Å². The van der Waals surface area contributed by atoms with Crippen LogP contribution < -0.4 is 10.6 Å². The summed E-state index contributed by atoms with van der Waals surface area (Å²) in [6.07, 6.45) is 5.51. The molecule has 1 aromatic carbocycles. The highest BCUT2D eigenvalue weighted by molar-refractivity contribution is 5.93. The molecule has 0 aliphatic heterocycles. The summed E-state index contributed by atoms with van der Waals surface area (Å²) < 4.78 is 5.45. The standard InChI is InChI=1S/C30H49N3O4/c1-10-21-16-18-22(19-17-21)25(26(34)31-23-14-12-11-13-15-23)33(29(4,5)6)27(35)24(20(2)3)32-28(36)37-30(7,8)9/h16-20,23-25H,10-15H2,1-9H3,(H,31,34)(H,32,36). The third-order valence-corrected chi connectivity index (χ3v) is 6.73. The Balaban J connectivity index is 2.50. The van der Waals surface area contributed by atoms with E-state index < -0.39 is 29.3 Å². The van der Waals surface area contributed by atoms with E-state index in [1.54, 1.807) is 25.7 Å². The van der Waals surface area contributed by atoms with Gasteiger partial charge in [0.2, 0.25) is 11.8 Å². The summed E-state index contributed by atoms with van der Waals surface area (Å²) in [7, 11) is 0. The second-order valence-electron chi connectivity index (χ2n) is 12.6. The van der Waals surface area contributed by atoms with Crippen molar-refractivity contribution >= 4 is 17.9 Å². The zero-order valence-electron chi connectivity index (χ0n) is 24.4. The van der Waals surface area contributed by atoms with Crippen LogP contribution in [0.5, 0.6) is 0 Å². The number of ether oxygens (including phenoxy) is 1. The predicted molar refractivity (Wildman–Crippen MR) is 148 cm³/mol. The minimum Gasteiger partial charge on any atom is -0.444 e. The molecule has 208 valence electrons. The fourth-order valence-electron chi connectivity index (χ4n) is 4.82. The summed E-state index contributed by atoms with van der Waals surface area (Å²) in [4.78, 5) is 42.5. The second kappa shape index (κ2) is 12.8. The first kappa shape index (κ1) is 30.7. The number of rotatable bonds is 8. The summed E-state index contributed by atoms with van der Waals surface area (Å²) in [5.41, 5.74) is 0.531. The molecular weight excluding hydrogens is 466 g/mol. The van der Waals surface area contributed by atoms with Crippen molar-refractivity contribution in [2.75, 3.05) is 0 Å². The van der Waals surface area contributed by atoms with Gasteiger partial charge < -0.3 is 20.3 Å². The lowest BCUT2D eigenvalue weighted by molar-refractivity contribution is -0.149. The molecule has 1 aromatic rings. The van der Waals surface area contributed by atoms with Crippen LogP contribution in [-0.2, 0) is 20.7 Å². The van der Waals surface area contributed by atoms with Gasteiger partial charge in [0.25, 0.3) is 0 Å². The van der Waals surface area contributed by atoms with E-state index in [0.29, 0.717) is 0 Å². The molecule has 1 aliphatic rings. The molecule has 2 atom stereocenters. The Kier molecular flexibility index (Phi) is 10.6. The molecule has 3 amide bonds. The molecule has 37 heavy (non-hydrogen) atoms. The van der Waals surface area contributed by atoms with Crippen molar-refractivity contribution in [3.8, 4) is 0 Å². The molecule has 0 aromatic heterocycles. The van der Waals surface area contributed by atoms with E-state index in [4.69, 9.17) is 4.74 Å². The third-order valence-electron chi connectivity index (χ3n) is 6.73. The van der Waals surface area contributed by atoms with Crippen LogP contribution in [0, 0.1) is 5.92 Å². The van der Waals surface area contributed by atoms with Crippen LogP contribution >= 0.6 is 0 Å². The van der Waals surface area contributed by atoms with E-state index in [9.17, 15) is 14.4 Å². The van der Waals surface area contributed by atoms with Crippen LogP contribution in [0.3, 0.4) is 0 Å². The monoisotopic (exact) mass is 515 g/mol. The SMILES string of the molecule is CCc1ccc(C(C(=O)NC2CCCCC2)N(C(=O)C(NC(=O)OC(C)(C)C)C(C)C)C(C)(C)C)cc1. The number of alkyl carbamates (subject to hydrolysis) is 1. The zero-order valence-corrected chi connectivity index (χ0v) is 24.4. The Morgan fingerprint density at radius 3 is 2.00 bits per heavy atom. The maximum Gasteiger partial charge on any atom is 0.408 e. The number of hydrogen-bond acceptors (Lipinski definition) is 4. The minimum absolute atomic E-state index is 0.108. The molecule has 7 nitrogen and oxygen atoms in total. The van der Waals surface area contributed by atoms with Crippen LogP contribution in [0.4, 0.5) is 4.79 Å². The van der Waals surface area contributed by atoms with Gasteiger partial charge in [0.1, 0.15) is 17.7 Å². The molecule has 0 bridgehead atoms. The molecule has 0 radical (unpaired) electrons. The number of amides is 3. The van der Waals surface area contributed by atoms with E-state index in [0.717, 1.165) is 43.2 Å². The van der Waals surface area contributed by atoms with Crippen molar-refractivity contribution in [3.63, 3.8) is 0 Å². The first-order valence-electron chi connectivity index (χ1n) is 13.9. The first-order valence-corrected chi connectivity index (χ1v) is 13.9. The number of nitrogens with one attached hydrogen (secondary N) is 2. The fourth-order valence-corrected chi connectivity index (χ4v) is 4.82. The van der Waals surface area contributed by atoms with Crippen LogP contribution in [-0.4, -0.2) is 46.0 Å². The fraction of sp³-hybridized carbons (Fsp3) is 0.700. The molecule has 1 aliphatic carbocycles. The molecule has 2 N–H and O–H groups in total. The molecule has 1 fully saturated rings. The van der Waals surface area contributed by atoms with Crippen LogP contribution in [0.2, 0.25) is 0 Å². The van der Waals surface area contributed by atoms with Crippen molar-refractivity contribution < 1.29 is 19.1 Å². The number of hydrogen-bond donors (Lipinski definition) is 2. The maximum atomic E-state index is 14.2. The van der Waals surface area contributed by atoms with Gasteiger partial charge in [0.15, 0.2) is 0 Å². The smallest absolute Gasteiger partial charge is 0.408 e. The van der Waals surface area contributed by atoms with Crippen molar-refractivity contribution in [3.05, 3.63) is 35.4 Å². The van der Waals surface area contributed by atoms with Crippen LogP contribution in [0.15, 0.2) is 24.3 Å². The molecule has 0 saturated heterocycles. The van der Waals surface area contributed by atoms with Gasteiger partial charge in [-0.2, -0.15) is 0 Å². The van der Waals surface area contributed by atoms with Gasteiger partial charge in [0.05, 0.1) is 0 Å². The predicted octanol–water partition coefficient (Wildman–Crippen LogP) is 5.92. The average Bonchev–Trinajstić information content (AvgIpc) is 2.79. The van der Waals surface area contributed by atoms with E-state index >= 15 is 0 Å². The number of aryl methyl sites for hydroxylation is 1. The maximum absolute atomic E-state index is 14.2. The highest BCUT2D eigenvalue weighted by Gasteiger charge is 2.43. The second-order valence-corrected chi connectivity index (χ2v) is 12.6. The normalized spacial score (nSPS) is 16.6. The highest BCUT2D eigenvalue weighted by Crippen LogP contribution is 2.32. The Hall–Kier alpha value is -2.57. The summed E-state index contributed by atoms with van der Waals surface area (Å²) in [6.45, 7) is 17.0. The van der Waals surface area contributed by atoms with Crippen LogP contribution in [0.25, 0.3) is 0 Å². The van der Waals surface area contributed by atoms with E-state index in [1.807, 2.05) is 58.9 Å². The van der Waals surface area contributed by atoms with Crippen LogP contribution in [0.1, 0.15) is 112 Å². The summed E-state index contributed by atoms with van der Waals surface area (Å²) in [5, 5.41) is 6.03. The Bertz CT molecular complexity index is 906. The van der Waals surface area contributed by atoms with Crippen molar-refractivity contribution in [1.29, 1.82) is 0 Å². The molecule has 7 heteroatoms. The number of nitrogens with zero attached hydrogens (tertiary/aromatic N) is 1. The summed E-state index contributed by atoms with van der Waals surface area (Å²) >= 11 is 0. The summed E-state index contributed by atoms with van der Waals surface area (Å²) in [6, 6.07) is 6.34. The van der Waals surface area contributed by atoms with Crippen molar-refractivity contribution in [2.45, 2.75) is 130 Å².